The fraction of sp³-hybridized carbons (Fsp3) is 0.474. The van der Waals surface area contributed by atoms with Crippen LogP contribution >= 0.6 is 0 Å². The van der Waals surface area contributed by atoms with Gasteiger partial charge < -0.3 is 15.0 Å². The molecule has 2 heterocycles. The molecule has 0 radical (unpaired) electrons. The highest BCUT2D eigenvalue weighted by atomic mass is 19.1. The SMILES string of the molecule is CCOC(=O)c1cnc2c(C)cc(F)cc2c1NC1CCN(C)CC1. The number of hydrogen-bond donors (Lipinski definition) is 1. The Balaban J connectivity index is 2.07. The van der Waals surface area contributed by atoms with Crippen LogP contribution in [-0.2, 0) is 4.74 Å². The van der Waals surface area contributed by atoms with Crippen molar-refractivity contribution >= 4 is 22.6 Å². The van der Waals surface area contributed by atoms with E-state index in [9.17, 15) is 9.18 Å². The van der Waals surface area contributed by atoms with Gasteiger partial charge in [0.1, 0.15) is 11.4 Å². The number of rotatable bonds is 4. The number of hydrogen-bond acceptors (Lipinski definition) is 5. The summed E-state index contributed by atoms with van der Waals surface area (Å²) in [4.78, 5) is 19.0. The third-order valence-electron chi connectivity index (χ3n) is 4.69. The zero-order valence-corrected chi connectivity index (χ0v) is 14.9. The van der Waals surface area contributed by atoms with Crippen molar-refractivity contribution in [2.45, 2.75) is 32.7 Å². The summed E-state index contributed by atoms with van der Waals surface area (Å²) in [6, 6.07) is 3.13. The fourth-order valence-electron chi connectivity index (χ4n) is 3.31. The number of aromatic nitrogens is 1. The Morgan fingerprint density at radius 1 is 1.40 bits per heavy atom. The van der Waals surface area contributed by atoms with Crippen molar-refractivity contribution in [2.75, 3.05) is 32.1 Å². The van der Waals surface area contributed by atoms with Gasteiger partial charge in [-0.1, -0.05) is 0 Å². The summed E-state index contributed by atoms with van der Waals surface area (Å²) < 4.78 is 19.2. The molecule has 1 aromatic heterocycles. The lowest BCUT2D eigenvalue weighted by Crippen LogP contribution is -2.37. The minimum Gasteiger partial charge on any atom is -0.462 e. The molecule has 0 amide bonds. The Morgan fingerprint density at radius 2 is 2.12 bits per heavy atom. The summed E-state index contributed by atoms with van der Waals surface area (Å²) in [5.74, 6) is -0.770. The van der Waals surface area contributed by atoms with Crippen LogP contribution in [0.15, 0.2) is 18.3 Å². The highest BCUT2D eigenvalue weighted by Crippen LogP contribution is 2.31. The van der Waals surface area contributed by atoms with Crippen LogP contribution in [0.1, 0.15) is 35.7 Å². The average Bonchev–Trinajstić information content (AvgIpc) is 2.57. The van der Waals surface area contributed by atoms with Crippen LogP contribution in [0.25, 0.3) is 10.9 Å². The van der Waals surface area contributed by atoms with Gasteiger partial charge in [0, 0.05) is 17.6 Å². The molecule has 1 fully saturated rings. The molecule has 25 heavy (non-hydrogen) atoms. The van der Waals surface area contributed by atoms with Gasteiger partial charge in [0.2, 0.25) is 0 Å². The van der Waals surface area contributed by atoms with E-state index in [2.05, 4.69) is 22.2 Å². The maximum Gasteiger partial charge on any atom is 0.341 e. The normalized spacial score (nSPS) is 16.2. The van der Waals surface area contributed by atoms with E-state index in [1.165, 1.54) is 18.3 Å². The molecular weight excluding hydrogens is 321 g/mol. The number of nitrogens with zero attached hydrogens (tertiary/aromatic N) is 2. The van der Waals surface area contributed by atoms with Crippen molar-refractivity contribution in [1.82, 2.24) is 9.88 Å². The van der Waals surface area contributed by atoms with Gasteiger partial charge in [0.15, 0.2) is 0 Å². The standard InChI is InChI=1S/C19H24FN3O2/c1-4-25-19(24)16-11-21-17-12(2)9-13(20)10-15(17)18(16)22-14-5-7-23(3)8-6-14/h9-11,14H,4-8H2,1-3H3,(H,21,22). The van der Waals surface area contributed by atoms with Gasteiger partial charge in [0.05, 0.1) is 17.8 Å². The van der Waals surface area contributed by atoms with Crippen LogP contribution in [-0.4, -0.2) is 48.6 Å². The summed E-state index contributed by atoms with van der Waals surface area (Å²) in [5, 5.41) is 4.10. The number of nitrogens with one attached hydrogen (secondary N) is 1. The lowest BCUT2D eigenvalue weighted by atomic mass is 10.0. The molecule has 1 aliphatic heterocycles. The van der Waals surface area contributed by atoms with Crippen LogP contribution in [0.3, 0.4) is 0 Å². The van der Waals surface area contributed by atoms with Crippen molar-refractivity contribution in [2.24, 2.45) is 0 Å². The summed E-state index contributed by atoms with van der Waals surface area (Å²) in [5.41, 5.74) is 2.43. The van der Waals surface area contributed by atoms with Gasteiger partial charge in [-0.2, -0.15) is 0 Å². The lowest BCUT2D eigenvalue weighted by molar-refractivity contribution is 0.0527. The van der Waals surface area contributed by atoms with E-state index in [0.717, 1.165) is 31.5 Å². The molecule has 3 rings (SSSR count). The topological polar surface area (TPSA) is 54.5 Å². The highest BCUT2D eigenvalue weighted by Gasteiger charge is 2.22. The van der Waals surface area contributed by atoms with Gasteiger partial charge >= 0.3 is 5.97 Å². The monoisotopic (exact) mass is 345 g/mol. The number of piperidine rings is 1. The maximum absolute atomic E-state index is 14.0. The average molecular weight is 345 g/mol. The Kier molecular flexibility index (Phi) is 5.18. The van der Waals surface area contributed by atoms with Gasteiger partial charge in [-0.15, -0.1) is 0 Å². The van der Waals surface area contributed by atoms with Gasteiger partial charge in [-0.05, 0) is 64.5 Å². The quantitative estimate of drug-likeness (QED) is 0.861. The molecule has 5 nitrogen and oxygen atoms in total. The number of halogens is 1. The maximum atomic E-state index is 14.0. The van der Waals surface area contributed by atoms with Crippen molar-refractivity contribution in [3.8, 4) is 0 Å². The predicted octanol–water partition coefficient (Wildman–Crippen LogP) is 3.37. The van der Waals surface area contributed by atoms with Crippen LogP contribution in [0, 0.1) is 12.7 Å². The van der Waals surface area contributed by atoms with Crippen LogP contribution in [0.4, 0.5) is 10.1 Å². The number of pyridine rings is 1. The molecule has 0 aliphatic carbocycles. The smallest absolute Gasteiger partial charge is 0.341 e. The highest BCUT2D eigenvalue weighted by molar-refractivity contribution is 6.05. The first-order valence-corrected chi connectivity index (χ1v) is 8.70. The second-order valence-corrected chi connectivity index (χ2v) is 6.61. The summed E-state index contributed by atoms with van der Waals surface area (Å²) in [6.45, 7) is 5.85. The third-order valence-corrected chi connectivity index (χ3v) is 4.69. The molecule has 0 atom stereocenters. The zero-order valence-electron chi connectivity index (χ0n) is 14.9. The van der Waals surface area contributed by atoms with Crippen molar-refractivity contribution in [1.29, 1.82) is 0 Å². The fourth-order valence-corrected chi connectivity index (χ4v) is 3.31. The molecule has 0 unspecified atom stereocenters. The molecule has 1 aliphatic rings. The number of ether oxygens (including phenoxy) is 1. The number of anilines is 1. The first-order chi connectivity index (χ1) is 12.0. The molecule has 6 heteroatoms. The second-order valence-electron chi connectivity index (χ2n) is 6.61. The van der Waals surface area contributed by atoms with Gasteiger partial charge in [-0.25, -0.2) is 9.18 Å². The summed E-state index contributed by atoms with van der Waals surface area (Å²) in [7, 11) is 2.10. The molecule has 1 N–H and O–H groups in total. The molecule has 0 bridgehead atoms. The number of carbonyl (C=O) groups is 1. The molecule has 134 valence electrons. The largest absolute Gasteiger partial charge is 0.462 e. The van der Waals surface area contributed by atoms with Crippen LogP contribution < -0.4 is 5.32 Å². The number of carbonyl (C=O) groups excluding carboxylic acids is 1. The van der Waals surface area contributed by atoms with Crippen molar-refractivity contribution in [3.63, 3.8) is 0 Å². The first kappa shape index (κ1) is 17.6. The number of esters is 1. The van der Waals surface area contributed by atoms with E-state index < -0.39 is 5.97 Å². The Morgan fingerprint density at radius 3 is 2.80 bits per heavy atom. The van der Waals surface area contributed by atoms with Crippen LogP contribution in [0.5, 0.6) is 0 Å². The zero-order chi connectivity index (χ0) is 18.0. The van der Waals surface area contributed by atoms with E-state index in [1.807, 2.05) is 6.92 Å². The molecule has 0 saturated carbocycles. The lowest BCUT2D eigenvalue weighted by Gasteiger charge is -2.31. The van der Waals surface area contributed by atoms with E-state index >= 15 is 0 Å². The van der Waals surface area contributed by atoms with E-state index in [1.54, 1.807) is 6.92 Å². The molecular formula is C19H24FN3O2. The minimum atomic E-state index is -0.436. The van der Waals surface area contributed by atoms with Crippen molar-refractivity contribution < 1.29 is 13.9 Å². The van der Waals surface area contributed by atoms with E-state index in [4.69, 9.17) is 4.74 Å². The second kappa shape index (κ2) is 7.35. The molecule has 0 spiro atoms. The molecule has 1 aromatic carbocycles. The van der Waals surface area contributed by atoms with Gasteiger partial charge in [0.25, 0.3) is 0 Å². The van der Waals surface area contributed by atoms with Crippen molar-refractivity contribution in [3.05, 3.63) is 35.3 Å². The molecule has 2 aromatic rings. The Bertz CT molecular complexity index is 786. The number of fused-ring (bicyclic) bond motifs is 1. The molecule has 1 saturated heterocycles. The van der Waals surface area contributed by atoms with Gasteiger partial charge in [-0.3, -0.25) is 4.98 Å². The summed E-state index contributed by atoms with van der Waals surface area (Å²) in [6.07, 6.45) is 3.47. The number of likely N-dealkylation sites (tertiary alicyclic amines) is 1. The van der Waals surface area contributed by atoms with Crippen LogP contribution in [0.2, 0.25) is 0 Å². The minimum absolute atomic E-state index is 0.235. The first-order valence-electron chi connectivity index (χ1n) is 8.70. The van der Waals surface area contributed by atoms with E-state index in [0.29, 0.717) is 22.2 Å². The Hall–Kier alpha value is -2.21. The Labute approximate surface area is 147 Å². The predicted molar refractivity (Wildman–Crippen MR) is 96.5 cm³/mol. The summed E-state index contributed by atoms with van der Waals surface area (Å²) >= 11 is 0. The number of aryl methyl sites for hydroxylation is 1. The third kappa shape index (κ3) is 3.74. The number of benzene rings is 1. The van der Waals surface area contributed by atoms with E-state index in [-0.39, 0.29) is 18.5 Å².